The van der Waals surface area contributed by atoms with Gasteiger partial charge < -0.3 is 19.8 Å². The molecule has 172 valence electrons. The van der Waals surface area contributed by atoms with E-state index in [1.165, 1.54) is 0 Å². The van der Waals surface area contributed by atoms with E-state index >= 15 is 0 Å². The second-order valence-electron chi connectivity index (χ2n) is 8.09. The standard InChI is InChI=1S/C26H22ClN3O4/c1-15-12-21(32)19(14-20(15)27)23-22-24(29-28-23)26(33)30(10-11-31)25(22)16-6-5-9-18(13-16)34-17-7-3-2-4-8-17/h2-9,12-14,25,31-32H,10-11H2,1H3,(H,28,29)/t25-/m0/s1. The molecule has 3 aromatic carbocycles. The third kappa shape index (κ3) is 3.79. The van der Waals surface area contributed by atoms with E-state index in [0.717, 1.165) is 11.1 Å². The lowest BCUT2D eigenvalue weighted by Crippen LogP contribution is -2.32. The highest BCUT2D eigenvalue weighted by molar-refractivity contribution is 6.31. The fraction of sp³-hybridized carbons (Fsp3) is 0.154. The molecule has 0 radical (unpaired) electrons. The summed E-state index contributed by atoms with van der Waals surface area (Å²) in [5, 5.41) is 28.0. The van der Waals surface area contributed by atoms with Gasteiger partial charge in [0.2, 0.25) is 0 Å². The molecule has 4 aromatic rings. The number of nitrogens with one attached hydrogen (secondary N) is 1. The van der Waals surface area contributed by atoms with Gasteiger partial charge in [-0.05, 0) is 54.4 Å². The molecule has 0 saturated heterocycles. The van der Waals surface area contributed by atoms with Crippen LogP contribution in [0.25, 0.3) is 11.3 Å². The van der Waals surface area contributed by atoms with Gasteiger partial charge in [0.1, 0.15) is 28.6 Å². The smallest absolute Gasteiger partial charge is 0.273 e. The van der Waals surface area contributed by atoms with Crippen LogP contribution in [0.5, 0.6) is 17.2 Å². The average molecular weight is 476 g/mol. The van der Waals surface area contributed by atoms with Crippen molar-refractivity contribution in [2.24, 2.45) is 0 Å². The fourth-order valence-electron chi connectivity index (χ4n) is 4.32. The quantitative estimate of drug-likeness (QED) is 0.361. The summed E-state index contributed by atoms with van der Waals surface area (Å²) in [6, 6.07) is 19.5. The van der Waals surface area contributed by atoms with Crippen LogP contribution in [0.3, 0.4) is 0 Å². The van der Waals surface area contributed by atoms with Crippen molar-refractivity contribution in [1.29, 1.82) is 0 Å². The highest BCUT2D eigenvalue weighted by Crippen LogP contribution is 2.45. The molecule has 2 heterocycles. The van der Waals surface area contributed by atoms with Gasteiger partial charge in [0.15, 0.2) is 0 Å². The number of nitrogens with zero attached hydrogens (tertiary/aromatic N) is 2. The number of para-hydroxylation sites is 1. The van der Waals surface area contributed by atoms with Crippen LogP contribution in [0.2, 0.25) is 5.02 Å². The summed E-state index contributed by atoms with van der Waals surface area (Å²) in [4.78, 5) is 14.8. The molecule has 5 rings (SSSR count). The maximum absolute atomic E-state index is 13.2. The topological polar surface area (TPSA) is 98.7 Å². The SMILES string of the molecule is Cc1cc(O)c(-c2n[nH]c3c2[C@H](c2cccc(Oc4ccccc4)c2)N(CCO)C3=O)cc1Cl. The predicted molar refractivity (Wildman–Crippen MR) is 128 cm³/mol. The van der Waals surface area contributed by atoms with Gasteiger partial charge >= 0.3 is 0 Å². The first-order chi connectivity index (χ1) is 16.5. The molecular weight excluding hydrogens is 454 g/mol. The summed E-state index contributed by atoms with van der Waals surface area (Å²) in [7, 11) is 0. The van der Waals surface area contributed by atoms with Crippen molar-refractivity contribution in [1.82, 2.24) is 15.1 Å². The number of aliphatic hydroxyl groups is 1. The van der Waals surface area contributed by atoms with E-state index in [2.05, 4.69) is 10.2 Å². The summed E-state index contributed by atoms with van der Waals surface area (Å²) < 4.78 is 6.00. The number of aromatic amines is 1. The summed E-state index contributed by atoms with van der Waals surface area (Å²) in [6.07, 6.45) is 0. The summed E-state index contributed by atoms with van der Waals surface area (Å²) in [5.41, 5.74) is 3.31. The number of H-pyrrole nitrogens is 1. The normalized spacial score (nSPS) is 15.0. The Morgan fingerprint density at radius 2 is 1.85 bits per heavy atom. The van der Waals surface area contributed by atoms with Crippen LogP contribution >= 0.6 is 11.6 Å². The molecule has 1 aromatic heterocycles. The number of aliphatic hydroxyl groups excluding tert-OH is 1. The van der Waals surface area contributed by atoms with Crippen molar-refractivity contribution >= 4 is 17.5 Å². The molecule has 1 aliphatic rings. The van der Waals surface area contributed by atoms with E-state index in [1.54, 1.807) is 24.0 Å². The number of phenols is 1. The van der Waals surface area contributed by atoms with Crippen molar-refractivity contribution in [2.45, 2.75) is 13.0 Å². The molecule has 8 heteroatoms. The van der Waals surface area contributed by atoms with Gasteiger partial charge in [-0.1, -0.05) is 41.9 Å². The number of hydrogen-bond acceptors (Lipinski definition) is 5. The molecule has 0 bridgehead atoms. The highest BCUT2D eigenvalue weighted by atomic mass is 35.5. The van der Waals surface area contributed by atoms with Crippen LogP contribution in [0.4, 0.5) is 0 Å². The number of hydrogen-bond donors (Lipinski definition) is 3. The summed E-state index contributed by atoms with van der Waals surface area (Å²) >= 11 is 6.34. The molecule has 1 amide bonds. The van der Waals surface area contributed by atoms with E-state index < -0.39 is 6.04 Å². The number of rotatable bonds is 6. The first-order valence-electron chi connectivity index (χ1n) is 10.8. The first-order valence-corrected chi connectivity index (χ1v) is 11.2. The second-order valence-corrected chi connectivity index (χ2v) is 8.50. The Balaban J connectivity index is 1.62. The Hall–Kier alpha value is -3.81. The highest BCUT2D eigenvalue weighted by Gasteiger charge is 2.42. The molecule has 34 heavy (non-hydrogen) atoms. The molecule has 7 nitrogen and oxygen atoms in total. The Morgan fingerprint density at radius 1 is 1.09 bits per heavy atom. The van der Waals surface area contributed by atoms with E-state index in [4.69, 9.17) is 16.3 Å². The van der Waals surface area contributed by atoms with Gasteiger partial charge in [-0.3, -0.25) is 9.89 Å². The van der Waals surface area contributed by atoms with Crippen LogP contribution in [0.1, 0.15) is 33.2 Å². The molecule has 1 atom stereocenters. The predicted octanol–water partition coefficient (Wildman–Crippen LogP) is 5.07. The van der Waals surface area contributed by atoms with Crippen molar-refractivity contribution in [3.05, 3.63) is 94.1 Å². The lowest BCUT2D eigenvalue weighted by molar-refractivity contribution is 0.0706. The van der Waals surface area contributed by atoms with Crippen LogP contribution in [-0.2, 0) is 0 Å². The minimum absolute atomic E-state index is 0.0177. The van der Waals surface area contributed by atoms with E-state index in [9.17, 15) is 15.0 Å². The van der Waals surface area contributed by atoms with E-state index in [1.807, 2.05) is 54.6 Å². The van der Waals surface area contributed by atoms with Crippen LogP contribution in [0, 0.1) is 6.92 Å². The monoisotopic (exact) mass is 475 g/mol. The zero-order valence-electron chi connectivity index (χ0n) is 18.3. The number of halogens is 1. The molecule has 3 N–H and O–H groups in total. The number of aromatic nitrogens is 2. The number of benzene rings is 3. The maximum Gasteiger partial charge on any atom is 0.273 e. The number of carbonyl (C=O) groups excluding carboxylic acids is 1. The largest absolute Gasteiger partial charge is 0.507 e. The van der Waals surface area contributed by atoms with Crippen molar-refractivity contribution in [2.75, 3.05) is 13.2 Å². The van der Waals surface area contributed by atoms with Gasteiger partial charge in [0.05, 0.1) is 12.6 Å². The van der Waals surface area contributed by atoms with Gasteiger partial charge in [-0.2, -0.15) is 5.10 Å². The van der Waals surface area contributed by atoms with Crippen molar-refractivity contribution in [3.63, 3.8) is 0 Å². The number of aromatic hydroxyl groups is 1. The number of phenolic OH excluding ortho intramolecular Hbond substituents is 1. The molecule has 0 aliphatic carbocycles. The average Bonchev–Trinajstić information content (AvgIpc) is 3.37. The minimum Gasteiger partial charge on any atom is -0.507 e. The maximum atomic E-state index is 13.2. The molecule has 0 spiro atoms. The fourth-order valence-corrected chi connectivity index (χ4v) is 4.48. The Kier molecular flexibility index (Phi) is 5.73. The third-order valence-corrected chi connectivity index (χ3v) is 6.30. The number of ether oxygens (including phenoxy) is 1. The number of carbonyl (C=O) groups is 1. The summed E-state index contributed by atoms with van der Waals surface area (Å²) in [6.45, 7) is 1.74. The zero-order chi connectivity index (χ0) is 23.8. The third-order valence-electron chi connectivity index (χ3n) is 5.89. The van der Waals surface area contributed by atoms with E-state index in [-0.39, 0.29) is 24.8 Å². The molecule has 0 fully saturated rings. The Morgan fingerprint density at radius 3 is 2.62 bits per heavy atom. The Labute approximate surface area is 201 Å². The molecule has 1 aliphatic heterocycles. The molecular formula is C26H22ClN3O4. The van der Waals surface area contributed by atoms with Crippen LogP contribution in [-0.4, -0.2) is 44.4 Å². The lowest BCUT2D eigenvalue weighted by atomic mass is 9.95. The number of β-amino-alcohol motifs (C(OH)–C–C–N with tert-alkyl or cyclic N) is 1. The van der Waals surface area contributed by atoms with Crippen LogP contribution < -0.4 is 4.74 Å². The van der Waals surface area contributed by atoms with E-state index in [0.29, 0.717) is 39.0 Å². The zero-order valence-corrected chi connectivity index (χ0v) is 19.1. The van der Waals surface area contributed by atoms with Gasteiger partial charge in [-0.25, -0.2) is 0 Å². The molecule has 0 unspecified atom stereocenters. The lowest BCUT2D eigenvalue weighted by Gasteiger charge is -2.26. The Bertz CT molecular complexity index is 1370. The molecule has 0 saturated carbocycles. The van der Waals surface area contributed by atoms with Crippen molar-refractivity contribution in [3.8, 4) is 28.5 Å². The van der Waals surface area contributed by atoms with Crippen molar-refractivity contribution < 1.29 is 19.7 Å². The van der Waals surface area contributed by atoms with Gasteiger partial charge in [0, 0.05) is 22.7 Å². The number of fused-ring (bicyclic) bond motifs is 1. The van der Waals surface area contributed by atoms with Gasteiger partial charge in [-0.15, -0.1) is 0 Å². The number of amides is 1. The van der Waals surface area contributed by atoms with Crippen LogP contribution in [0.15, 0.2) is 66.7 Å². The second kappa shape index (κ2) is 8.85. The summed E-state index contributed by atoms with van der Waals surface area (Å²) in [5.74, 6) is 1.04. The minimum atomic E-state index is -0.540. The van der Waals surface area contributed by atoms with Gasteiger partial charge in [0.25, 0.3) is 5.91 Å². The first kappa shape index (κ1) is 22.0. The number of aryl methyl sites for hydroxylation is 1.